The molecule has 7 nitrogen and oxygen atoms in total. The Labute approximate surface area is 163 Å². The van der Waals surface area contributed by atoms with E-state index < -0.39 is 17.1 Å². The second-order valence-corrected chi connectivity index (χ2v) is 5.96. The van der Waals surface area contributed by atoms with Gasteiger partial charge in [-0.1, -0.05) is 23.7 Å². The molecule has 142 valence electrons. The fourth-order valence-electron chi connectivity index (χ4n) is 2.39. The number of rotatable bonds is 6. The normalized spacial score (nSPS) is 10.3. The summed E-state index contributed by atoms with van der Waals surface area (Å²) in [4.78, 5) is 25.8. The molecule has 0 atom stereocenters. The summed E-state index contributed by atoms with van der Waals surface area (Å²) in [5, 5.41) is 9.33. The van der Waals surface area contributed by atoms with Crippen molar-refractivity contribution in [2.45, 2.75) is 6.54 Å². The van der Waals surface area contributed by atoms with Crippen molar-refractivity contribution in [2.75, 3.05) is 6.61 Å². The van der Waals surface area contributed by atoms with E-state index in [4.69, 9.17) is 26.3 Å². The lowest BCUT2D eigenvalue weighted by atomic mass is 10.2. The smallest absolute Gasteiger partial charge is 0.328 e. The Morgan fingerprint density at radius 2 is 1.96 bits per heavy atom. The Kier molecular flexibility index (Phi) is 5.77. The van der Waals surface area contributed by atoms with Gasteiger partial charge in [-0.25, -0.2) is 9.18 Å². The van der Waals surface area contributed by atoms with Crippen molar-refractivity contribution in [2.24, 2.45) is 0 Å². The number of para-hydroxylation sites is 1. The van der Waals surface area contributed by atoms with Gasteiger partial charge in [0.05, 0.1) is 23.2 Å². The lowest BCUT2D eigenvalue weighted by molar-refractivity contribution is 0.277. The van der Waals surface area contributed by atoms with Gasteiger partial charge in [0, 0.05) is 18.3 Å². The summed E-state index contributed by atoms with van der Waals surface area (Å²) < 4.78 is 26.5. The molecule has 0 radical (unpaired) electrons. The van der Waals surface area contributed by atoms with E-state index in [1.807, 2.05) is 6.07 Å². The van der Waals surface area contributed by atoms with Crippen LogP contribution in [0, 0.1) is 17.1 Å². The van der Waals surface area contributed by atoms with E-state index in [0.717, 1.165) is 10.6 Å². The minimum absolute atomic E-state index is 0.0220. The first-order valence-electron chi connectivity index (χ1n) is 8.07. The molecular formula is C19H13ClFN3O4. The van der Waals surface area contributed by atoms with Crippen molar-refractivity contribution in [3.05, 3.63) is 85.9 Å². The zero-order chi connectivity index (χ0) is 20.1. The first-order valence-corrected chi connectivity index (χ1v) is 8.45. The van der Waals surface area contributed by atoms with E-state index in [0.29, 0.717) is 0 Å². The van der Waals surface area contributed by atoms with Crippen molar-refractivity contribution >= 4 is 11.6 Å². The number of nitrogens with one attached hydrogen (secondary N) is 1. The lowest BCUT2D eigenvalue weighted by Crippen LogP contribution is -2.35. The zero-order valence-electron chi connectivity index (χ0n) is 14.3. The average molecular weight is 402 g/mol. The molecule has 0 saturated carbocycles. The van der Waals surface area contributed by atoms with Crippen molar-refractivity contribution in [1.82, 2.24) is 9.55 Å². The van der Waals surface area contributed by atoms with Gasteiger partial charge in [-0.3, -0.25) is 9.36 Å². The van der Waals surface area contributed by atoms with Crippen LogP contribution in [0.2, 0.25) is 5.02 Å². The maximum atomic E-state index is 14.5. The molecule has 0 bridgehead atoms. The lowest BCUT2D eigenvalue weighted by Gasteiger charge is -2.14. The number of aromatic nitrogens is 2. The maximum Gasteiger partial charge on any atom is 0.328 e. The maximum absolute atomic E-state index is 14.5. The van der Waals surface area contributed by atoms with Crippen LogP contribution < -0.4 is 20.7 Å². The van der Waals surface area contributed by atoms with Crippen LogP contribution in [0.1, 0.15) is 5.56 Å². The van der Waals surface area contributed by atoms with E-state index >= 15 is 0 Å². The summed E-state index contributed by atoms with van der Waals surface area (Å²) in [7, 11) is 0. The SMILES string of the molecule is N#Cc1cc(F)c(Oc2ccccc2Cl)c(OCCn2c(=O)cc[nH]c2=O)c1. The van der Waals surface area contributed by atoms with Crippen molar-refractivity contribution < 1.29 is 13.9 Å². The predicted molar refractivity (Wildman–Crippen MR) is 99.5 cm³/mol. The van der Waals surface area contributed by atoms with Gasteiger partial charge in [-0.15, -0.1) is 0 Å². The fraction of sp³-hybridized carbons (Fsp3) is 0.105. The largest absolute Gasteiger partial charge is 0.488 e. The van der Waals surface area contributed by atoms with Crippen LogP contribution in [0.25, 0.3) is 0 Å². The number of ether oxygens (including phenoxy) is 2. The number of hydrogen-bond acceptors (Lipinski definition) is 5. The molecule has 1 heterocycles. The molecule has 1 aromatic heterocycles. The number of aromatic amines is 1. The highest BCUT2D eigenvalue weighted by Crippen LogP contribution is 2.37. The highest BCUT2D eigenvalue weighted by atomic mass is 35.5. The number of H-pyrrole nitrogens is 1. The van der Waals surface area contributed by atoms with E-state index in [-0.39, 0.29) is 41.0 Å². The van der Waals surface area contributed by atoms with E-state index in [9.17, 15) is 14.0 Å². The Morgan fingerprint density at radius 1 is 1.18 bits per heavy atom. The van der Waals surface area contributed by atoms with Crippen LogP contribution in [0.15, 0.2) is 58.3 Å². The van der Waals surface area contributed by atoms with Gasteiger partial charge in [0.25, 0.3) is 5.56 Å². The molecule has 2 aromatic carbocycles. The predicted octanol–water partition coefficient (Wildman–Crippen LogP) is 3.07. The summed E-state index contributed by atoms with van der Waals surface area (Å²) in [6, 6.07) is 11.8. The quantitative estimate of drug-likeness (QED) is 0.684. The Bertz CT molecular complexity index is 1140. The van der Waals surface area contributed by atoms with Gasteiger partial charge in [0.15, 0.2) is 11.6 Å². The number of hydrogen-bond donors (Lipinski definition) is 1. The molecule has 28 heavy (non-hydrogen) atoms. The summed E-state index contributed by atoms with van der Waals surface area (Å²) >= 11 is 6.04. The molecule has 0 saturated heterocycles. The minimum atomic E-state index is -0.816. The van der Waals surface area contributed by atoms with Crippen molar-refractivity contribution in [1.29, 1.82) is 5.26 Å². The highest BCUT2D eigenvalue weighted by molar-refractivity contribution is 6.32. The van der Waals surface area contributed by atoms with Crippen molar-refractivity contribution in [3.63, 3.8) is 0 Å². The summed E-state index contributed by atoms with van der Waals surface area (Å²) in [5.74, 6) is -0.935. The highest BCUT2D eigenvalue weighted by Gasteiger charge is 2.17. The molecule has 0 aliphatic heterocycles. The average Bonchev–Trinajstić information content (AvgIpc) is 2.67. The molecule has 0 spiro atoms. The van der Waals surface area contributed by atoms with E-state index in [1.165, 1.54) is 18.3 Å². The van der Waals surface area contributed by atoms with Gasteiger partial charge in [0.1, 0.15) is 12.4 Å². The first kappa shape index (κ1) is 19.2. The minimum Gasteiger partial charge on any atom is -0.488 e. The number of halogens is 2. The molecule has 1 N–H and O–H groups in total. The van der Waals surface area contributed by atoms with E-state index in [1.54, 1.807) is 24.3 Å². The summed E-state index contributed by atoms with van der Waals surface area (Å²) in [6.07, 6.45) is 1.24. The Hall–Kier alpha value is -3.57. The third kappa shape index (κ3) is 4.22. The number of nitrogens with zero attached hydrogens (tertiary/aromatic N) is 2. The monoisotopic (exact) mass is 401 g/mol. The molecule has 3 aromatic rings. The second kappa shape index (κ2) is 8.41. The van der Waals surface area contributed by atoms with Crippen molar-refractivity contribution in [3.8, 4) is 23.3 Å². The molecule has 0 fully saturated rings. The third-order valence-electron chi connectivity index (χ3n) is 3.70. The molecule has 3 rings (SSSR count). The van der Waals surface area contributed by atoms with Gasteiger partial charge < -0.3 is 14.5 Å². The molecule has 0 aliphatic rings. The van der Waals surface area contributed by atoms with E-state index in [2.05, 4.69) is 4.98 Å². The molecule has 0 aliphatic carbocycles. The van der Waals surface area contributed by atoms with Crippen LogP contribution >= 0.6 is 11.6 Å². The van der Waals surface area contributed by atoms with Gasteiger partial charge >= 0.3 is 5.69 Å². The van der Waals surface area contributed by atoms with Crippen LogP contribution in [0.3, 0.4) is 0 Å². The molecule has 0 amide bonds. The topological polar surface area (TPSA) is 97.1 Å². The Morgan fingerprint density at radius 3 is 2.68 bits per heavy atom. The van der Waals surface area contributed by atoms with Crippen LogP contribution in [0.4, 0.5) is 4.39 Å². The van der Waals surface area contributed by atoms with Crippen LogP contribution in [0.5, 0.6) is 17.2 Å². The Balaban J connectivity index is 1.88. The molecule has 9 heteroatoms. The zero-order valence-corrected chi connectivity index (χ0v) is 15.1. The van der Waals surface area contributed by atoms with Gasteiger partial charge in [-0.05, 0) is 18.2 Å². The van der Waals surface area contributed by atoms with Gasteiger partial charge in [-0.2, -0.15) is 5.26 Å². The number of nitriles is 1. The summed E-state index contributed by atoms with van der Waals surface area (Å²) in [5.41, 5.74) is -1.08. The summed E-state index contributed by atoms with van der Waals surface area (Å²) in [6.45, 7) is -0.223. The first-order chi connectivity index (χ1) is 13.5. The van der Waals surface area contributed by atoms with Crippen LogP contribution in [-0.4, -0.2) is 16.2 Å². The standard InChI is InChI=1S/C19H13ClFN3O4/c20-13-3-1-2-4-15(13)28-18-14(21)9-12(11-22)10-16(18)27-8-7-24-17(25)5-6-23-19(24)26/h1-6,9-10H,7-8H2,(H,23,26). The molecular weight excluding hydrogens is 389 g/mol. The number of benzene rings is 2. The van der Waals surface area contributed by atoms with Crippen LogP contribution in [-0.2, 0) is 6.54 Å². The second-order valence-electron chi connectivity index (χ2n) is 5.55. The fourth-order valence-corrected chi connectivity index (χ4v) is 2.56. The third-order valence-corrected chi connectivity index (χ3v) is 4.02. The molecule has 0 unspecified atom stereocenters. The van der Waals surface area contributed by atoms with Gasteiger partial charge in [0.2, 0.25) is 5.75 Å².